The molecule has 0 saturated heterocycles. The Kier molecular flexibility index (Phi) is 6.45. The van der Waals surface area contributed by atoms with Crippen LogP contribution in [0.15, 0.2) is 36.0 Å². The third-order valence-corrected chi connectivity index (χ3v) is 6.19. The maximum atomic E-state index is 13.0. The SMILES string of the molecule is CCCCc1c(C(=O)NCc2cc(C)nn2C)cnn1-c1ncc(C)c(-c2cccs2)n1. The van der Waals surface area contributed by atoms with E-state index in [-0.39, 0.29) is 5.91 Å². The van der Waals surface area contributed by atoms with Crippen molar-refractivity contribution < 1.29 is 4.79 Å². The largest absolute Gasteiger partial charge is 0.346 e. The van der Waals surface area contributed by atoms with E-state index in [2.05, 4.69) is 27.4 Å². The monoisotopic (exact) mass is 449 g/mol. The molecular formula is C23H27N7OS. The van der Waals surface area contributed by atoms with Gasteiger partial charge in [0, 0.05) is 13.2 Å². The molecule has 0 saturated carbocycles. The van der Waals surface area contributed by atoms with Crippen molar-refractivity contribution in [2.45, 2.75) is 46.6 Å². The van der Waals surface area contributed by atoms with Gasteiger partial charge in [-0.1, -0.05) is 19.4 Å². The topological polar surface area (TPSA) is 90.5 Å². The lowest BCUT2D eigenvalue weighted by atomic mass is 10.1. The first-order valence-corrected chi connectivity index (χ1v) is 11.6. The minimum Gasteiger partial charge on any atom is -0.346 e. The van der Waals surface area contributed by atoms with Crippen LogP contribution in [-0.4, -0.2) is 35.4 Å². The lowest BCUT2D eigenvalue weighted by Gasteiger charge is -2.10. The highest BCUT2D eigenvalue weighted by molar-refractivity contribution is 7.13. The van der Waals surface area contributed by atoms with Gasteiger partial charge < -0.3 is 5.32 Å². The summed E-state index contributed by atoms with van der Waals surface area (Å²) in [6.45, 7) is 6.46. The summed E-state index contributed by atoms with van der Waals surface area (Å²) in [7, 11) is 1.87. The number of carbonyl (C=O) groups excluding carboxylic acids is 1. The second-order valence-electron chi connectivity index (χ2n) is 7.78. The molecule has 0 aromatic carbocycles. The summed E-state index contributed by atoms with van der Waals surface area (Å²) >= 11 is 1.64. The number of aryl methyl sites for hydroxylation is 3. The molecule has 0 aliphatic carbocycles. The molecule has 0 spiro atoms. The predicted molar refractivity (Wildman–Crippen MR) is 125 cm³/mol. The normalized spacial score (nSPS) is 11.1. The van der Waals surface area contributed by atoms with Crippen LogP contribution < -0.4 is 5.32 Å². The molecule has 0 bridgehead atoms. The van der Waals surface area contributed by atoms with Crippen LogP contribution in [0.25, 0.3) is 16.5 Å². The zero-order valence-electron chi connectivity index (χ0n) is 18.8. The first-order chi connectivity index (χ1) is 15.5. The van der Waals surface area contributed by atoms with E-state index in [0.29, 0.717) is 18.1 Å². The van der Waals surface area contributed by atoms with Gasteiger partial charge in [0.05, 0.1) is 46.0 Å². The summed E-state index contributed by atoms with van der Waals surface area (Å²) < 4.78 is 3.48. The molecule has 0 radical (unpaired) electrons. The summed E-state index contributed by atoms with van der Waals surface area (Å²) in [4.78, 5) is 23.4. The van der Waals surface area contributed by atoms with Crippen LogP contribution in [0.4, 0.5) is 0 Å². The van der Waals surface area contributed by atoms with Gasteiger partial charge in [-0.15, -0.1) is 11.3 Å². The molecule has 0 aliphatic rings. The molecule has 32 heavy (non-hydrogen) atoms. The third kappa shape index (κ3) is 4.47. The lowest BCUT2D eigenvalue weighted by Crippen LogP contribution is -2.25. The molecule has 0 unspecified atom stereocenters. The molecule has 9 heteroatoms. The van der Waals surface area contributed by atoms with Crippen LogP contribution in [0.2, 0.25) is 0 Å². The number of thiophene rings is 1. The number of nitrogens with zero attached hydrogens (tertiary/aromatic N) is 6. The zero-order chi connectivity index (χ0) is 22.7. The Hall–Kier alpha value is -3.33. The minimum absolute atomic E-state index is 0.160. The molecule has 4 rings (SSSR count). The maximum Gasteiger partial charge on any atom is 0.255 e. The van der Waals surface area contributed by atoms with Gasteiger partial charge in [-0.25, -0.2) is 14.6 Å². The molecule has 166 valence electrons. The van der Waals surface area contributed by atoms with E-state index in [1.807, 2.05) is 50.7 Å². The highest BCUT2D eigenvalue weighted by Gasteiger charge is 2.20. The second-order valence-corrected chi connectivity index (χ2v) is 8.73. The Bertz CT molecular complexity index is 1220. The Morgan fingerprint density at radius 3 is 2.78 bits per heavy atom. The van der Waals surface area contributed by atoms with Crippen molar-refractivity contribution in [3.05, 3.63) is 64.2 Å². The number of unbranched alkanes of at least 4 members (excludes halogenated alkanes) is 1. The van der Waals surface area contributed by atoms with E-state index in [0.717, 1.165) is 52.5 Å². The van der Waals surface area contributed by atoms with Crippen LogP contribution in [0.3, 0.4) is 0 Å². The van der Waals surface area contributed by atoms with Crippen molar-refractivity contribution in [2.75, 3.05) is 0 Å². The second kappa shape index (κ2) is 9.44. The molecule has 4 aromatic rings. The van der Waals surface area contributed by atoms with Gasteiger partial charge in [0.25, 0.3) is 11.9 Å². The molecular weight excluding hydrogens is 422 g/mol. The van der Waals surface area contributed by atoms with Gasteiger partial charge in [0.1, 0.15) is 0 Å². The first kappa shape index (κ1) is 21.9. The molecule has 0 aliphatic heterocycles. The number of aromatic nitrogens is 6. The fourth-order valence-corrected chi connectivity index (χ4v) is 4.39. The summed E-state index contributed by atoms with van der Waals surface area (Å²) in [6.07, 6.45) is 6.10. The fourth-order valence-electron chi connectivity index (χ4n) is 3.61. The third-order valence-electron chi connectivity index (χ3n) is 5.31. The van der Waals surface area contributed by atoms with E-state index in [1.165, 1.54) is 0 Å². The Morgan fingerprint density at radius 2 is 2.09 bits per heavy atom. The van der Waals surface area contributed by atoms with E-state index < -0.39 is 0 Å². The van der Waals surface area contributed by atoms with Crippen molar-refractivity contribution in [3.8, 4) is 16.5 Å². The van der Waals surface area contributed by atoms with E-state index in [1.54, 1.807) is 26.9 Å². The summed E-state index contributed by atoms with van der Waals surface area (Å²) in [5.74, 6) is 0.318. The first-order valence-electron chi connectivity index (χ1n) is 10.7. The average Bonchev–Trinajstić information content (AvgIpc) is 3.51. The Morgan fingerprint density at radius 1 is 1.25 bits per heavy atom. The zero-order valence-corrected chi connectivity index (χ0v) is 19.6. The molecule has 4 aromatic heterocycles. The molecule has 1 N–H and O–H groups in total. The summed E-state index contributed by atoms with van der Waals surface area (Å²) in [6, 6.07) is 6.02. The Labute approximate surface area is 191 Å². The van der Waals surface area contributed by atoms with E-state index in [4.69, 9.17) is 4.98 Å². The number of rotatable bonds is 8. The van der Waals surface area contributed by atoms with E-state index >= 15 is 0 Å². The molecule has 8 nitrogen and oxygen atoms in total. The number of carbonyl (C=O) groups is 1. The van der Waals surface area contributed by atoms with Crippen molar-refractivity contribution in [1.29, 1.82) is 0 Å². The average molecular weight is 450 g/mol. The quantitative estimate of drug-likeness (QED) is 0.439. The number of nitrogens with one attached hydrogen (secondary N) is 1. The smallest absolute Gasteiger partial charge is 0.255 e. The number of amides is 1. The van der Waals surface area contributed by atoms with Crippen molar-refractivity contribution in [1.82, 2.24) is 34.8 Å². The minimum atomic E-state index is -0.160. The van der Waals surface area contributed by atoms with Crippen LogP contribution >= 0.6 is 11.3 Å². The molecule has 0 atom stereocenters. The van der Waals surface area contributed by atoms with Gasteiger partial charge in [0.15, 0.2) is 0 Å². The number of hydrogen-bond donors (Lipinski definition) is 1. The Balaban J connectivity index is 1.65. The molecule has 0 fully saturated rings. The standard InChI is InChI=1S/C23H27N7OS/c1-5-6-8-19-18(22(31)24-13-17-11-16(3)28-29(17)4)14-26-30(19)23-25-12-15(2)21(27-23)20-9-7-10-32-20/h7,9-12,14H,5-6,8,13H2,1-4H3,(H,24,31). The highest BCUT2D eigenvalue weighted by Crippen LogP contribution is 2.26. The van der Waals surface area contributed by atoms with E-state index in [9.17, 15) is 4.79 Å². The van der Waals surface area contributed by atoms with Crippen LogP contribution in [-0.2, 0) is 20.0 Å². The summed E-state index contributed by atoms with van der Waals surface area (Å²) in [5.41, 5.74) is 5.14. The van der Waals surface area contributed by atoms with Crippen molar-refractivity contribution in [3.63, 3.8) is 0 Å². The van der Waals surface area contributed by atoms with Gasteiger partial charge in [0.2, 0.25) is 0 Å². The van der Waals surface area contributed by atoms with Gasteiger partial charge >= 0.3 is 0 Å². The molecule has 1 amide bonds. The fraction of sp³-hybridized carbons (Fsp3) is 0.348. The van der Waals surface area contributed by atoms with Gasteiger partial charge in [-0.3, -0.25) is 9.48 Å². The molecule has 4 heterocycles. The predicted octanol–water partition coefficient (Wildman–Crippen LogP) is 4.01. The maximum absolute atomic E-state index is 13.0. The van der Waals surface area contributed by atoms with Crippen LogP contribution in [0, 0.1) is 13.8 Å². The highest BCUT2D eigenvalue weighted by atomic mass is 32.1. The van der Waals surface area contributed by atoms with Gasteiger partial charge in [-0.05, 0) is 49.8 Å². The summed E-state index contributed by atoms with van der Waals surface area (Å²) in [5, 5.41) is 13.9. The lowest BCUT2D eigenvalue weighted by molar-refractivity contribution is 0.0949. The van der Waals surface area contributed by atoms with Crippen molar-refractivity contribution >= 4 is 17.2 Å². The van der Waals surface area contributed by atoms with Crippen molar-refractivity contribution in [2.24, 2.45) is 7.05 Å². The van der Waals surface area contributed by atoms with Crippen LogP contribution in [0.1, 0.15) is 52.8 Å². The van der Waals surface area contributed by atoms with Gasteiger partial charge in [-0.2, -0.15) is 10.2 Å². The van der Waals surface area contributed by atoms with Crippen LogP contribution in [0.5, 0.6) is 0 Å². The number of hydrogen-bond acceptors (Lipinski definition) is 6.